The number of hydrogen-bond acceptors (Lipinski definition) is 3. The summed E-state index contributed by atoms with van der Waals surface area (Å²) in [5, 5.41) is 0.720. The third-order valence-corrected chi connectivity index (χ3v) is 5.34. The molecule has 3 rings (SSSR count). The maximum atomic E-state index is 12.6. The summed E-state index contributed by atoms with van der Waals surface area (Å²) in [4.78, 5) is 14.5. The molecule has 0 aliphatic carbocycles. The summed E-state index contributed by atoms with van der Waals surface area (Å²) in [6.07, 6.45) is 3.46. The number of ether oxygens (including phenoxy) is 1. The minimum Gasteiger partial charge on any atom is -0.497 e. The summed E-state index contributed by atoms with van der Waals surface area (Å²) < 4.78 is 5.14. The number of halogens is 1. The second-order valence-corrected chi connectivity index (χ2v) is 7.04. The van der Waals surface area contributed by atoms with E-state index in [0.29, 0.717) is 5.02 Å². The molecular formula is C19H18ClNO2S. The highest BCUT2D eigenvalue weighted by atomic mass is 35.5. The van der Waals surface area contributed by atoms with Crippen LogP contribution in [0.2, 0.25) is 5.02 Å². The summed E-state index contributed by atoms with van der Waals surface area (Å²) in [5.41, 5.74) is 2.03. The van der Waals surface area contributed by atoms with Crippen molar-refractivity contribution < 1.29 is 9.53 Å². The molecule has 1 heterocycles. The fourth-order valence-corrected chi connectivity index (χ4v) is 4.06. The van der Waals surface area contributed by atoms with E-state index in [1.165, 1.54) is 0 Å². The predicted octanol–water partition coefficient (Wildman–Crippen LogP) is 4.64. The first-order valence-corrected chi connectivity index (χ1v) is 9.10. The van der Waals surface area contributed by atoms with E-state index in [2.05, 4.69) is 0 Å². The number of amides is 1. The summed E-state index contributed by atoms with van der Waals surface area (Å²) in [5.74, 6) is 1.75. The fraction of sp³-hybridized carbons (Fsp3) is 0.211. The van der Waals surface area contributed by atoms with Gasteiger partial charge in [-0.3, -0.25) is 4.79 Å². The first-order chi connectivity index (χ1) is 11.7. The molecule has 1 aliphatic heterocycles. The van der Waals surface area contributed by atoms with Gasteiger partial charge in [-0.05, 0) is 41.5 Å². The molecule has 0 bridgehead atoms. The smallest absolute Gasteiger partial charge is 0.247 e. The van der Waals surface area contributed by atoms with Crippen molar-refractivity contribution in [3.8, 4) is 5.75 Å². The number of benzene rings is 2. The SMILES string of the molecule is COc1ccc(/C=C/C(=O)N2CCSC2c2cccc(Cl)c2)cc1. The highest BCUT2D eigenvalue weighted by Gasteiger charge is 2.29. The minimum atomic E-state index is 0.0146. The second-order valence-electron chi connectivity index (χ2n) is 5.42. The van der Waals surface area contributed by atoms with Crippen LogP contribution in [0, 0.1) is 0 Å². The van der Waals surface area contributed by atoms with Gasteiger partial charge in [0.25, 0.3) is 0 Å². The monoisotopic (exact) mass is 359 g/mol. The van der Waals surface area contributed by atoms with Gasteiger partial charge in [0, 0.05) is 23.4 Å². The second kappa shape index (κ2) is 7.77. The van der Waals surface area contributed by atoms with Gasteiger partial charge < -0.3 is 9.64 Å². The van der Waals surface area contributed by atoms with Gasteiger partial charge in [-0.25, -0.2) is 0 Å². The number of nitrogens with zero attached hydrogens (tertiary/aromatic N) is 1. The molecule has 1 unspecified atom stereocenters. The van der Waals surface area contributed by atoms with Crippen LogP contribution in [0.5, 0.6) is 5.75 Å². The van der Waals surface area contributed by atoms with Gasteiger partial charge in [-0.2, -0.15) is 0 Å². The van der Waals surface area contributed by atoms with Crippen LogP contribution in [-0.2, 0) is 4.79 Å². The molecule has 2 aromatic carbocycles. The van der Waals surface area contributed by atoms with Gasteiger partial charge in [0.15, 0.2) is 0 Å². The number of carbonyl (C=O) groups excluding carboxylic acids is 1. The van der Waals surface area contributed by atoms with Crippen LogP contribution in [0.3, 0.4) is 0 Å². The molecule has 1 atom stereocenters. The third-order valence-electron chi connectivity index (χ3n) is 3.84. The van der Waals surface area contributed by atoms with Crippen LogP contribution in [0.25, 0.3) is 6.08 Å². The number of carbonyl (C=O) groups is 1. The Bertz CT molecular complexity index is 745. The molecule has 1 saturated heterocycles. The zero-order chi connectivity index (χ0) is 16.9. The van der Waals surface area contributed by atoms with E-state index in [4.69, 9.17) is 16.3 Å². The molecule has 2 aromatic rings. The molecule has 3 nitrogen and oxygen atoms in total. The van der Waals surface area contributed by atoms with E-state index >= 15 is 0 Å². The molecule has 0 radical (unpaired) electrons. The van der Waals surface area contributed by atoms with Crippen LogP contribution in [-0.4, -0.2) is 30.2 Å². The van der Waals surface area contributed by atoms with Gasteiger partial charge in [0.1, 0.15) is 11.1 Å². The Labute approximate surface area is 151 Å². The third kappa shape index (κ3) is 3.94. The molecule has 1 amide bonds. The molecule has 0 spiro atoms. The summed E-state index contributed by atoms with van der Waals surface area (Å²) in [7, 11) is 1.63. The zero-order valence-corrected chi connectivity index (χ0v) is 14.9. The normalized spacial score (nSPS) is 17.4. The maximum Gasteiger partial charge on any atom is 0.247 e. The van der Waals surface area contributed by atoms with Crippen molar-refractivity contribution in [2.24, 2.45) is 0 Å². The Hall–Kier alpha value is -1.91. The molecule has 1 fully saturated rings. The summed E-state index contributed by atoms with van der Waals surface area (Å²) in [6, 6.07) is 15.3. The average Bonchev–Trinajstić information content (AvgIpc) is 3.10. The molecule has 0 saturated carbocycles. The van der Waals surface area contributed by atoms with Crippen LogP contribution in [0.1, 0.15) is 16.5 Å². The first kappa shape index (κ1) is 16.9. The minimum absolute atomic E-state index is 0.0146. The van der Waals surface area contributed by atoms with Crippen LogP contribution >= 0.6 is 23.4 Å². The molecule has 24 heavy (non-hydrogen) atoms. The van der Waals surface area contributed by atoms with Gasteiger partial charge in [-0.1, -0.05) is 35.9 Å². The molecule has 0 N–H and O–H groups in total. The molecule has 5 heteroatoms. The van der Waals surface area contributed by atoms with Crippen molar-refractivity contribution in [1.29, 1.82) is 0 Å². The quantitative estimate of drug-likeness (QED) is 0.745. The standard InChI is InChI=1S/C19H18ClNO2S/c1-23-17-8-5-14(6-9-17)7-10-18(22)21-11-12-24-19(21)15-3-2-4-16(20)13-15/h2-10,13,19H,11-12H2,1H3/b10-7+. The Kier molecular flexibility index (Phi) is 5.48. The molecule has 0 aromatic heterocycles. The molecular weight excluding hydrogens is 342 g/mol. The van der Waals surface area contributed by atoms with Gasteiger partial charge >= 0.3 is 0 Å². The summed E-state index contributed by atoms with van der Waals surface area (Å²) in [6.45, 7) is 0.744. The van der Waals surface area contributed by atoms with E-state index < -0.39 is 0 Å². The predicted molar refractivity (Wildman–Crippen MR) is 100 cm³/mol. The van der Waals surface area contributed by atoms with Crippen LogP contribution < -0.4 is 4.74 Å². The zero-order valence-electron chi connectivity index (χ0n) is 13.3. The molecule has 1 aliphatic rings. The van der Waals surface area contributed by atoms with Crippen molar-refractivity contribution >= 4 is 35.3 Å². The van der Waals surface area contributed by atoms with Crippen molar-refractivity contribution in [3.63, 3.8) is 0 Å². The highest BCUT2D eigenvalue weighted by molar-refractivity contribution is 7.99. The van der Waals surface area contributed by atoms with Crippen LogP contribution in [0.4, 0.5) is 0 Å². The molecule has 124 valence electrons. The maximum absolute atomic E-state index is 12.6. The first-order valence-electron chi connectivity index (χ1n) is 7.67. The summed E-state index contributed by atoms with van der Waals surface area (Å²) >= 11 is 7.84. The van der Waals surface area contributed by atoms with E-state index in [1.54, 1.807) is 24.9 Å². The number of thioether (sulfide) groups is 1. The lowest BCUT2D eigenvalue weighted by Gasteiger charge is -2.23. The van der Waals surface area contributed by atoms with Gasteiger partial charge in [0.2, 0.25) is 5.91 Å². The lowest BCUT2D eigenvalue weighted by Crippen LogP contribution is -2.28. The van der Waals surface area contributed by atoms with E-state index in [1.807, 2.05) is 59.5 Å². The van der Waals surface area contributed by atoms with E-state index in [0.717, 1.165) is 29.2 Å². The Balaban J connectivity index is 1.72. The van der Waals surface area contributed by atoms with Crippen molar-refractivity contribution in [2.75, 3.05) is 19.4 Å². The van der Waals surface area contributed by atoms with Crippen molar-refractivity contribution in [3.05, 3.63) is 70.8 Å². The van der Waals surface area contributed by atoms with Crippen LogP contribution in [0.15, 0.2) is 54.6 Å². The lowest BCUT2D eigenvalue weighted by atomic mass is 10.2. The van der Waals surface area contributed by atoms with Gasteiger partial charge in [-0.15, -0.1) is 11.8 Å². The average molecular weight is 360 g/mol. The highest BCUT2D eigenvalue weighted by Crippen LogP contribution is 2.38. The Morgan fingerprint density at radius 3 is 2.79 bits per heavy atom. The lowest BCUT2D eigenvalue weighted by molar-refractivity contribution is -0.126. The fourth-order valence-electron chi connectivity index (χ4n) is 2.61. The van der Waals surface area contributed by atoms with E-state index in [9.17, 15) is 4.79 Å². The number of rotatable bonds is 4. The van der Waals surface area contributed by atoms with Crippen molar-refractivity contribution in [1.82, 2.24) is 4.90 Å². The number of methoxy groups -OCH3 is 1. The topological polar surface area (TPSA) is 29.5 Å². The van der Waals surface area contributed by atoms with Crippen molar-refractivity contribution in [2.45, 2.75) is 5.37 Å². The largest absolute Gasteiger partial charge is 0.497 e. The Morgan fingerprint density at radius 1 is 1.29 bits per heavy atom. The van der Waals surface area contributed by atoms with Gasteiger partial charge in [0.05, 0.1) is 7.11 Å². The number of hydrogen-bond donors (Lipinski definition) is 0. The Morgan fingerprint density at radius 2 is 2.08 bits per heavy atom. The van der Waals surface area contributed by atoms with E-state index in [-0.39, 0.29) is 11.3 Å².